The Morgan fingerprint density at radius 1 is 1.37 bits per heavy atom. The number of aryl methyl sites for hydroxylation is 1. The molecule has 1 unspecified atom stereocenters. The van der Waals surface area contributed by atoms with E-state index in [1.54, 1.807) is 17.5 Å². The summed E-state index contributed by atoms with van der Waals surface area (Å²) in [7, 11) is 0. The minimum atomic E-state index is 0.0235. The largest absolute Gasteiger partial charge is 0.375 e. The molecule has 1 aliphatic rings. The standard InChI is InChI=1S/C20H24N4O2S/c1-12(2)24-19-16(10-21-24)15(20(25)23-7-8-26-13(3)11-23)9-17(22-19)18-6-5-14(4)27-18/h5-6,9-10,12-13H,7-8,11H2,1-4H3. The highest BCUT2D eigenvalue weighted by molar-refractivity contribution is 7.15. The van der Waals surface area contributed by atoms with Crippen LogP contribution in [0.25, 0.3) is 21.6 Å². The van der Waals surface area contributed by atoms with Gasteiger partial charge in [-0.2, -0.15) is 5.10 Å². The topological polar surface area (TPSA) is 60.3 Å². The molecule has 1 fully saturated rings. The molecule has 0 aliphatic carbocycles. The van der Waals surface area contributed by atoms with E-state index in [1.807, 2.05) is 22.6 Å². The molecule has 7 heteroatoms. The molecule has 1 aliphatic heterocycles. The number of carbonyl (C=O) groups excluding carboxylic acids is 1. The molecular formula is C20H24N4O2S. The van der Waals surface area contributed by atoms with Crippen LogP contribution in [0.2, 0.25) is 0 Å². The Morgan fingerprint density at radius 3 is 2.85 bits per heavy atom. The summed E-state index contributed by atoms with van der Waals surface area (Å²) in [6.45, 7) is 10.0. The Kier molecular flexibility index (Phi) is 4.74. The maximum Gasteiger partial charge on any atom is 0.254 e. The predicted octanol–water partition coefficient (Wildman–Crippen LogP) is 3.91. The number of nitrogens with zero attached hydrogens (tertiary/aromatic N) is 4. The Hall–Kier alpha value is -2.25. The van der Waals surface area contributed by atoms with E-state index in [4.69, 9.17) is 9.72 Å². The molecule has 1 amide bonds. The third kappa shape index (κ3) is 3.37. The number of hydrogen-bond donors (Lipinski definition) is 0. The molecule has 0 radical (unpaired) electrons. The summed E-state index contributed by atoms with van der Waals surface area (Å²) in [6.07, 6.45) is 1.82. The van der Waals surface area contributed by atoms with E-state index in [9.17, 15) is 4.79 Å². The highest BCUT2D eigenvalue weighted by Crippen LogP contribution is 2.31. The van der Waals surface area contributed by atoms with Crippen LogP contribution in [0.4, 0.5) is 0 Å². The number of carbonyl (C=O) groups is 1. The molecule has 3 aromatic rings. The summed E-state index contributed by atoms with van der Waals surface area (Å²) >= 11 is 1.69. The fourth-order valence-corrected chi connectivity index (χ4v) is 4.27. The lowest BCUT2D eigenvalue weighted by molar-refractivity contribution is -0.0123. The normalized spacial score (nSPS) is 17.8. The van der Waals surface area contributed by atoms with Crippen molar-refractivity contribution >= 4 is 28.3 Å². The van der Waals surface area contributed by atoms with Gasteiger partial charge in [-0.1, -0.05) is 0 Å². The number of rotatable bonds is 3. The number of fused-ring (bicyclic) bond motifs is 1. The van der Waals surface area contributed by atoms with Crippen molar-refractivity contribution in [2.45, 2.75) is 39.8 Å². The Bertz CT molecular complexity index is 991. The monoisotopic (exact) mass is 384 g/mol. The van der Waals surface area contributed by atoms with Crippen LogP contribution in [0.15, 0.2) is 24.4 Å². The molecule has 1 saturated heterocycles. The molecule has 0 aromatic carbocycles. The van der Waals surface area contributed by atoms with Crippen molar-refractivity contribution in [3.8, 4) is 10.6 Å². The van der Waals surface area contributed by atoms with Gasteiger partial charge in [0.15, 0.2) is 5.65 Å². The Morgan fingerprint density at radius 2 is 2.19 bits per heavy atom. The van der Waals surface area contributed by atoms with E-state index < -0.39 is 0 Å². The van der Waals surface area contributed by atoms with Crippen LogP contribution in [0, 0.1) is 6.92 Å². The van der Waals surface area contributed by atoms with Gasteiger partial charge in [0.2, 0.25) is 0 Å². The minimum Gasteiger partial charge on any atom is -0.375 e. The summed E-state index contributed by atoms with van der Waals surface area (Å²) in [4.78, 5) is 22.4. The number of amides is 1. The zero-order chi connectivity index (χ0) is 19.1. The Balaban J connectivity index is 1.86. The average molecular weight is 385 g/mol. The number of morpholine rings is 1. The van der Waals surface area contributed by atoms with Crippen LogP contribution in [0.5, 0.6) is 0 Å². The molecule has 6 nitrogen and oxygen atoms in total. The van der Waals surface area contributed by atoms with Crippen molar-refractivity contribution in [3.05, 3.63) is 34.8 Å². The summed E-state index contributed by atoms with van der Waals surface area (Å²) < 4.78 is 7.48. The zero-order valence-corrected chi connectivity index (χ0v) is 16.9. The first-order valence-electron chi connectivity index (χ1n) is 9.30. The van der Waals surface area contributed by atoms with Gasteiger partial charge in [-0.3, -0.25) is 4.79 Å². The summed E-state index contributed by atoms with van der Waals surface area (Å²) in [5.74, 6) is 0.0235. The second-order valence-electron chi connectivity index (χ2n) is 7.32. The molecule has 0 N–H and O–H groups in total. The fraction of sp³-hybridized carbons (Fsp3) is 0.450. The van der Waals surface area contributed by atoms with Gasteiger partial charge in [0.25, 0.3) is 5.91 Å². The summed E-state index contributed by atoms with van der Waals surface area (Å²) in [5, 5.41) is 5.31. The summed E-state index contributed by atoms with van der Waals surface area (Å²) in [5.41, 5.74) is 2.26. The SMILES string of the molecule is Cc1ccc(-c2cc(C(=O)N3CCOC(C)C3)c3cnn(C(C)C)c3n2)s1. The molecule has 0 saturated carbocycles. The van der Waals surface area contributed by atoms with Crippen LogP contribution in [0.1, 0.15) is 42.0 Å². The number of aromatic nitrogens is 3. The maximum atomic E-state index is 13.3. The smallest absolute Gasteiger partial charge is 0.254 e. The molecule has 3 aromatic heterocycles. The quantitative estimate of drug-likeness (QED) is 0.687. The molecule has 27 heavy (non-hydrogen) atoms. The molecule has 1 atom stereocenters. The van der Waals surface area contributed by atoms with Gasteiger partial charge in [-0.15, -0.1) is 11.3 Å². The lowest BCUT2D eigenvalue weighted by atomic mass is 10.1. The number of hydrogen-bond acceptors (Lipinski definition) is 5. The molecule has 0 bridgehead atoms. The third-order valence-corrected chi connectivity index (χ3v) is 5.83. The first-order chi connectivity index (χ1) is 12.9. The van der Waals surface area contributed by atoms with Crippen LogP contribution < -0.4 is 0 Å². The minimum absolute atomic E-state index is 0.0235. The van der Waals surface area contributed by atoms with E-state index in [0.29, 0.717) is 25.3 Å². The fourth-order valence-electron chi connectivity index (χ4n) is 3.44. The van der Waals surface area contributed by atoms with Crippen LogP contribution in [-0.4, -0.2) is 51.4 Å². The second-order valence-corrected chi connectivity index (χ2v) is 8.61. The van der Waals surface area contributed by atoms with Crippen LogP contribution >= 0.6 is 11.3 Å². The van der Waals surface area contributed by atoms with E-state index in [2.05, 4.69) is 38.0 Å². The molecule has 0 spiro atoms. The number of thiophene rings is 1. The van der Waals surface area contributed by atoms with Gasteiger partial charge in [-0.25, -0.2) is 9.67 Å². The van der Waals surface area contributed by atoms with Crippen molar-refractivity contribution < 1.29 is 9.53 Å². The number of pyridine rings is 1. The zero-order valence-electron chi connectivity index (χ0n) is 16.1. The molecule has 4 rings (SSSR count). The van der Waals surface area contributed by atoms with Gasteiger partial charge in [0.1, 0.15) is 0 Å². The van der Waals surface area contributed by atoms with E-state index in [0.717, 1.165) is 21.6 Å². The predicted molar refractivity (Wildman–Crippen MR) is 107 cm³/mol. The van der Waals surface area contributed by atoms with E-state index in [-0.39, 0.29) is 18.1 Å². The van der Waals surface area contributed by atoms with Crippen molar-refractivity contribution in [3.63, 3.8) is 0 Å². The third-order valence-electron chi connectivity index (χ3n) is 4.81. The second kappa shape index (κ2) is 7.05. The van der Waals surface area contributed by atoms with Crippen molar-refractivity contribution in [1.82, 2.24) is 19.7 Å². The first-order valence-corrected chi connectivity index (χ1v) is 10.1. The maximum absolute atomic E-state index is 13.3. The van der Waals surface area contributed by atoms with Gasteiger partial charge in [-0.05, 0) is 45.9 Å². The average Bonchev–Trinajstić information content (AvgIpc) is 3.26. The van der Waals surface area contributed by atoms with Crippen molar-refractivity contribution in [2.24, 2.45) is 0 Å². The van der Waals surface area contributed by atoms with Gasteiger partial charge in [0.05, 0.1) is 40.4 Å². The van der Waals surface area contributed by atoms with Gasteiger partial charge >= 0.3 is 0 Å². The molecule has 4 heterocycles. The lowest BCUT2D eigenvalue weighted by Crippen LogP contribution is -2.44. The highest BCUT2D eigenvalue weighted by atomic mass is 32.1. The van der Waals surface area contributed by atoms with Crippen molar-refractivity contribution in [2.75, 3.05) is 19.7 Å². The van der Waals surface area contributed by atoms with Gasteiger partial charge in [0, 0.05) is 24.0 Å². The molecular weight excluding hydrogens is 360 g/mol. The molecule has 142 valence electrons. The van der Waals surface area contributed by atoms with E-state index in [1.165, 1.54) is 4.88 Å². The van der Waals surface area contributed by atoms with E-state index >= 15 is 0 Å². The Labute approximate surface area is 162 Å². The lowest BCUT2D eigenvalue weighted by Gasteiger charge is -2.31. The summed E-state index contributed by atoms with van der Waals surface area (Å²) in [6, 6.07) is 6.23. The van der Waals surface area contributed by atoms with Crippen LogP contribution in [0.3, 0.4) is 0 Å². The van der Waals surface area contributed by atoms with Crippen molar-refractivity contribution in [1.29, 1.82) is 0 Å². The van der Waals surface area contributed by atoms with Gasteiger partial charge < -0.3 is 9.64 Å². The number of ether oxygens (including phenoxy) is 1. The van der Waals surface area contributed by atoms with Crippen LogP contribution in [-0.2, 0) is 4.74 Å². The highest BCUT2D eigenvalue weighted by Gasteiger charge is 2.26. The first kappa shape index (κ1) is 18.1.